The third kappa shape index (κ3) is 2.06. The third-order valence-corrected chi connectivity index (χ3v) is 5.19. The summed E-state index contributed by atoms with van der Waals surface area (Å²) in [4.78, 5) is 0. The summed E-state index contributed by atoms with van der Waals surface area (Å²) >= 11 is 0. The summed E-state index contributed by atoms with van der Waals surface area (Å²) in [6, 6.07) is 0.382. The van der Waals surface area contributed by atoms with Gasteiger partial charge < -0.3 is 10.1 Å². The Labute approximate surface area is 115 Å². The van der Waals surface area contributed by atoms with Gasteiger partial charge in [-0.15, -0.1) is 0 Å². The molecule has 1 heterocycles. The molecule has 1 N–H and O–H groups in total. The van der Waals surface area contributed by atoms with Crippen LogP contribution in [0, 0.1) is 17.8 Å². The molecule has 0 aliphatic heterocycles. The Morgan fingerprint density at radius 3 is 2.84 bits per heavy atom. The lowest BCUT2D eigenvalue weighted by Crippen LogP contribution is -2.31. The number of rotatable bonds is 5. The summed E-state index contributed by atoms with van der Waals surface area (Å²) in [5.74, 6) is 3.55. The van der Waals surface area contributed by atoms with Crippen molar-refractivity contribution in [2.45, 2.75) is 45.2 Å². The van der Waals surface area contributed by atoms with Crippen molar-refractivity contribution in [3.05, 3.63) is 11.9 Å². The van der Waals surface area contributed by atoms with E-state index in [1.807, 2.05) is 6.20 Å². The number of aryl methyl sites for hydroxylation is 1. The van der Waals surface area contributed by atoms with Crippen LogP contribution in [0.3, 0.4) is 0 Å². The molecule has 1 aromatic heterocycles. The fourth-order valence-corrected chi connectivity index (χ4v) is 4.36. The second-order valence-corrected chi connectivity index (χ2v) is 6.02. The van der Waals surface area contributed by atoms with Crippen molar-refractivity contribution in [1.29, 1.82) is 0 Å². The van der Waals surface area contributed by atoms with Crippen LogP contribution in [0.2, 0.25) is 0 Å². The highest BCUT2D eigenvalue weighted by Crippen LogP contribution is 2.53. The number of hydrogen-bond donors (Lipinski definition) is 1. The Morgan fingerprint density at radius 2 is 2.32 bits per heavy atom. The summed E-state index contributed by atoms with van der Waals surface area (Å²) in [5, 5.41) is 8.00. The zero-order valence-electron chi connectivity index (χ0n) is 12.2. The van der Waals surface area contributed by atoms with Crippen LogP contribution in [0.4, 0.5) is 0 Å². The molecule has 19 heavy (non-hydrogen) atoms. The lowest BCUT2D eigenvalue weighted by Gasteiger charge is -2.31. The van der Waals surface area contributed by atoms with Crippen LogP contribution < -0.4 is 10.1 Å². The van der Waals surface area contributed by atoms with Gasteiger partial charge >= 0.3 is 0 Å². The average molecular weight is 263 g/mol. The number of methoxy groups -OCH3 is 1. The largest absolute Gasteiger partial charge is 0.493 e. The molecule has 4 atom stereocenters. The second-order valence-electron chi connectivity index (χ2n) is 6.02. The van der Waals surface area contributed by atoms with Gasteiger partial charge in [0, 0.05) is 6.54 Å². The minimum atomic E-state index is 0.382. The van der Waals surface area contributed by atoms with Gasteiger partial charge in [-0.05, 0) is 51.0 Å². The minimum Gasteiger partial charge on any atom is -0.493 e. The first-order valence-electron chi connectivity index (χ1n) is 7.55. The molecule has 0 aromatic carbocycles. The predicted molar refractivity (Wildman–Crippen MR) is 75.2 cm³/mol. The zero-order valence-corrected chi connectivity index (χ0v) is 12.2. The number of hydrogen-bond acceptors (Lipinski definition) is 3. The van der Waals surface area contributed by atoms with E-state index in [9.17, 15) is 0 Å². The van der Waals surface area contributed by atoms with E-state index in [4.69, 9.17) is 4.74 Å². The number of nitrogens with one attached hydrogen (secondary N) is 1. The van der Waals surface area contributed by atoms with Crippen molar-refractivity contribution in [2.24, 2.45) is 17.8 Å². The van der Waals surface area contributed by atoms with Gasteiger partial charge in [0.2, 0.25) is 0 Å². The fourth-order valence-electron chi connectivity index (χ4n) is 4.36. The van der Waals surface area contributed by atoms with Crippen LogP contribution in [-0.4, -0.2) is 23.9 Å². The van der Waals surface area contributed by atoms with Gasteiger partial charge in [-0.3, -0.25) is 4.68 Å². The Balaban J connectivity index is 1.91. The smallest absolute Gasteiger partial charge is 0.161 e. The highest BCUT2D eigenvalue weighted by molar-refractivity contribution is 5.29. The van der Waals surface area contributed by atoms with E-state index < -0.39 is 0 Å². The van der Waals surface area contributed by atoms with Gasteiger partial charge in [-0.1, -0.05) is 6.42 Å². The zero-order chi connectivity index (χ0) is 13.4. The first kappa shape index (κ1) is 13.0. The molecule has 0 saturated heterocycles. The summed E-state index contributed by atoms with van der Waals surface area (Å²) in [6.45, 7) is 3.04. The molecule has 3 rings (SSSR count). The Bertz CT molecular complexity index is 421. The fraction of sp³-hybridized carbons (Fsp3) is 0.800. The van der Waals surface area contributed by atoms with E-state index in [1.165, 1.54) is 31.4 Å². The van der Waals surface area contributed by atoms with Crippen molar-refractivity contribution in [2.75, 3.05) is 14.2 Å². The first-order chi connectivity index (χ1) is 9.28. The van der Waals surface area contributed by atoms with E-state index in [-0.39, 0.29) is 0 Å². The monoisotopic (exact) mass is 263 g/mol. The molecule has 106 valence electrons. The first-order valence-corrected chi connectivity index (χ1v) is 7.55. The molecule has 2 bridgehead atoms. The van der Waals surface area contributed by atoms with Crippen LogP contribution in [0.15, 0.2) is 6.20 Å². The topological polar surface area (TPSA) is 39.1 Å². The van der Waals surface area contributed by atoms with E-state index in [1.54, 1.807) is 7.11 Å². The molecule has 2 fully saturated rings. The standard InChI is InChI=1S/C15H25N3O/c1-4-18-15(13(19-3)9-17-18)14(16-2)12-8-10-5-6-11(12)7-10/h9-12,14,16H,4-8H2,1-3H3. The number of ether oxygens (including phenoxy) is 1. The Hall–Kier alpha value is -1.03. The maximum absolute atomic E-state index is 5.53. The molecule has 0 amide bonds. The molecule has 2 aliphatic rings. The van der Waals surface area contributed by atoms with Gasteiger partial charge in [-0.25, -0.2) is 0 Å². The van der Waals surface area contributed by atoms with Crippen molar-refractivity contribution in [3.63, 3.8) is 0 Å². The molecule has 4 heteroatoms. The van der Waals surface area contributed by atoms with E-state index in [2.05, 4.69) is 29.1 Å². The molecular weight excluding hydrogens is 238 g/mol. The van der Waals surface area contributed by atoms with Crippen LogP contribution in [-0.2, 0) is 6.54 Å². The lowest BCUT2D eigenvalue weighted by molar-refractivity contribution is 0.245. The molecule has 0 radical (unpaired) electrons. The Morgan fingerprint density at radius 1 is 1.47 bits per heavy atom. The predicted octanol–water partition coefficient (Wildman–Crippen LogP) is 2.61. The summed E-state index contributed by atoms with van der Waals surface area (Å²) in [5.41, 5.74) is 1.24. The number of aromatic nitrogens is 2. The molecular formula is C15H25N3O. The summed E-state index contributed by atoms with van der Waals surface area (Å²) in [6.07, 6.45) is 7.52. The normalized spacial score (nSPS) is 30.8. The lowest BCUT2D eigenvalue weighted by atomic mass is 9.82. The molecule has 2 aliphatic carbocycles. The van der Waals surface area contributed by atoms with E-state index in [0.717, 1.165) is 30.0 Å². The minimum absolute atomic E-state index is 0.382. The van der Waals surface area contributed by atoms with Crippen molar-refractivity contribution in [1.82, 2.24) is 15.1 Å². The van der Waals surface area contributed by atoms with E-state index in [0.29, 0.717) is 6.04 Å². The quantitative estimate of drug-likeness (QED) is 0.887. The highest BCUT2D eigenvalue weighted by Gasteiger charge is 2.44. The van der Waals surface area contributed by atoms with Gasteiger partial charge in [0.25, 0.3) is 0 Å². The van der Waals surface area contributed by atoms with Crippen molar-refractivity contribution >= 4 is 0 Å². The number of nitrogens with zero attached hydrogens (tertiary/aromatic N) is 2. The molecule has 0 spiro atoms. The third-order valence-electron chi connectivity index (χ3n) is 5.19. The number of fused-ring (bicyclic) bond motifs is 2. The molecule has 1 aromatic rings. The van der Waals surface area contributed by atoms with Gasteiger partial charge in [-0.2, -0.15) is 5.10 Å². The maximum Gasteiger partial charge on any atom is 0.161 e. The Kier molecular flexibility index (Phi) is 3.52. The highest BCUT2D eigenvalue weighted by atomic mass is 16.5. The van der Waals surface area contributed by atoms with Gasteiger partial charge in [0.15, 0.2) is 5.75 Å². The van der Waals surface area contributed by atoms with Crippen LogP contribution >= 0.6 is 0 Å². The van der Waals surface area contributed by atoms with Gasteiger partial charge in [0.05, 0.1) is 25.0 Å². The molecule has 4 unspecified atom stereocenters. The van der Waals surface area contributed by atoms with Crippen molar-refractivity contribution in [3.8, 4) is 5.75 Å². The SMILES string of the molecule is CCn1ncc(OC)c1C(NC)C1CC2CCC1C2. The van der Waals surface area contributed by atoms with Crippen LogP contribution in [0.5, 0.6) is 5.75 Å². The van der Waals surface area contributed by atoms with Crippen LogP contribution in [0.1, 0.15) is 44.3 Å². The summed E-state index contributed by atoms with van der Waals surface area (Å²) in [7, 11) is 3.82. The van der Waals surface area contributed by atoms with E-state index >= 15 is 0 Å². The van der Waals surface area contributed by atoms with Gasteiger partial charge in [0.1, 0.15) is 0 Å². The van der Waals surface area contributed by atoms with Crippen LogP contribution in [0.25, 0.3) is 0 Å². The molecule has 2 saturated carbocycles. The summed E-state index contributed by atoms with van der Waals surface area (Å²) < 4.78 is 7.62. The second kappa shape index (κ2) is 5.16. The molecule has 4 nitrogen and oxygen atoms in total. The maximum atomic E-state index is 5.53. The van der Waals surface area contributed by atoms with Crippen molar-refractivity contribution < 1.29 is 4.74 Å². The average Bonchev–Trinajstić information content (AvgIpc) is 3.14.